The molecule has 0 saturated heterocycles. The predicted octanol–water partition coefficient (Wildman–Crippen LogP) is 2.04. The molecule has 0 fully saturated rings. The first-order chi connectivity index (χ1) is 8.36. The van der Waals surface area contributed by atoms with Crippen molar-refractivity contribution in [3.05, 3.63) is 45.5 Å². The maximum Gasteiger partial charge on any atom is 0.280 e. The van der Waals surface area contributed by atoms with Gasteiger partial charge in [0, 0.05) is 6.07 Å². The average Bonchev–Trinajstić information content (AvgIpc) is 2.27. The van der Waals surface area contributed by atoms with Crippen molar-refractivity contribution in [3.8, 4) is 0 Å². The molecule has 0 amide bonds. The van der Waals surface area contributed by atoms with Gasteiger partial charge in [-0.25, -0.2) is 0 Å². The Morgan fingerprint density at radius 2 is 1.67 bits per heavy atom. The molecule has 0 heterocycles. The van der Waals surface area contributed by atoms with Crippen molar-refractivity contribution in [1.29, 1.82) is 0 Å². The molecule has 0 aliphatic carbocycles. The van der Waals surface area contributed by atoms with Gasteiger partial charge in [0.25, 0.3) is 5.69 Å². The summed E-state index contributed by atoms with van der Waals surface area (Å²) in [5, 5.41) is 20.7. The lowest BCUT2D eigenvalue weighted by molar-refractivity contribution is -0.385. The minimum atomic E-state index is -0.691. The first-order valence-electron chi connectivity index (χ1n) is 5.05. The maximum atomic E-state index is 11.3. The number of rotatable bonds is 4. The van der Waals surface area contributed by atoms with E-state index in [1.54, 1.807) is 0 Å². The zero-order valence-electron chi connectivity index (χ0n) is 9.84. The summed E-state index contributed by atoms with van der Waals surface area (Å²) in [4.78, 5) is 32.6. The molecular formula is C12H11NO5. The molecule has 94 valence electrons. The number of aliphatic hydroxyl groups excluding tert-OH is 1. The summed E-state index contributed by atoms with van der Waals surface area (Å²) in [5.41, 5.74) is -0.956. The number of nitro benzene ring substituents is 1. The summed E-state index contributed by atoms with van der Waals surface area (Å²) in [6, 6.07) is 5.36. The Balaban J connectivity index is 3.55. The minimum Gasteiger partial charge on any atom is -0.506 e. The summed E-state index contributed by atoms with van der Waals surface area (Å²) >= 11 is 0. The first-order valence-corrected chi connectivity index (χ1v) is 5.05. The van der Waals surface area contributed by atoms with Crippen LogP contribution >= 0.6 is 0 Å². The average molecular weight is 249 g/mol. The second-order valence-corrected chi connectivity index (χ2v) is 3.61. The molecule has 0 saturated carbocycles. The van der Waals surface area contributed by atoms with Crippen LogP contribution in [0.3, 0.4) is 0 Å². The van der Waals surface area contributed by atoms with Crippen molar-refractivity contribution in [2.75, 3.05) is 0 Å². The molecule has 0 spiro atoms. The predicted molar refractivity (Wildman–Crippen MR) is 64.0 cm³/mol. The number of hydrogen-bond acceptors (Lipinski definition) is 5. The van der Waals surface area contributed by atoms with Crippen molar-refractivity contribution >= 4 is 23.0 Å². The number of carbonyl (C=O) groups is 2. The van der Waals surface area contributed by atoms with Crippen LogP contribution in [0, 0.1) is 10.1 Å². The smallest absolute Gasteiger partial charge is 0.280 e. The monoisotopic (exact) mass is 249 g/mol. The van der Waals surface area contributed by atoms with Crippen molar-refractivity contribution in [2.24, 2.45) is 0 Å². The van der Waals surface area contributed by atoms with E-state index in [0.29, 0.717) is 0 Å². The standard InChI is InChI=1S/C12H11NO5/c1-7(14)11(8(2)15)12(16)9-5-3-4-6-10(9)13(17)18/h3-6,16H,1-2H3. The molecule has 18 heavy (non-hydrogen) atoms. The van der Waals surface area contributed by atoms with E-state index in [1.807, 2.05) is 0 Å². The molecule has 0 bridgehead atoms. The molecule has 0 aliphatic heterocycles. The van der Waals surface area contributed by atoms with E-state index in [0.717, 1.165) is 13.8 Å². The second kappa shape index (κ2) is 5.22. The number of nitro groups is 1. The van der Waals surface area contributed by atoms with Crippen molar-refractivity contribution in [2.45, 2.75) is 13.8 Å². The fraction of sp³-hybridized carbons (Fsp3) is 0.167. The number of hydrogen-bond donors (Lipinski definition) is 1. The van der Waals surface area contributed by atoms with Gasteiger partial charge in [-0.15, -0.1) is 0 Å². The lowest BCUT2D eigenvalue weighted by Gasteiger charge is -2.05. The zero-order valence-corrected chi connectivity index (χ0v) is 9.84. The molecule has 1 rings (SSSR count). The van der Waals surface area contributed by atoms with Crippen LogP contribution in [-0.4, -0.2) is 21.6 Å². The van der Waals surface area contributed by atoms with Gasteiger partial charge >= 0.3 is 0 Å². The van der Waals surface area contributed by atoms with Gasteiger partial charge in [-0.3, -0.25) is 19.7 Å². The molecule has 0 aliphatic rings. The van der Waals surface area contributed by atoms with E-state index in [2.05, 4.69) is 0 Å². The van der Waals surface area contributed by atoms with E-state index in [4.69, 9.17) is 0 Å². The Bertz CT molecular complexity index is 543. The van der Waals surface area contributed by atoms with E-state index >= 15 is 0 Å². The van der Waals surface area contributed by atoms with Gasteiger partial charge in [0.05, 0.1) is 10.5 Å². The number of Topliss-reactive ketones (excluding diaryl/α,β-unsaturated/α-hetero) is 2. The first kappa shape index (κ1) is 13.6. The number of nitrogens with zero attached hydrogens (tertiary/aromatic N) is 1. The normalized spacial score (nSPS) is 9.67. The lowest BCUT2D eigenvalue weighted by atomic mass is 10.0. The number of aliphatic hydroxyl groups is 1. The van der Waals surface area contributed by atoms with Crippen LogP contribution in [0.2, 0.25) is 0 Å². The molecule has 0 radical (unpaired) electrons. The van der Waals surface area contributed by atoms with Gasteiger partial charge in [0.15, 0.2) is 11.6 Å². The molecular weight excluding hydrogens is 238 g/mol. The SMILES string of the molecule is CC(=O)C(C(C)=O)=C(O)c1ccccc1[N+](=O)[O-]. The molecule has 0 aromatic heterocycles. The number of para-hydroxylation sites is 1. The largest absolute Gasteiger partial charge is 0.506 e. The van der Waals surface area contributed by atoms with Crippen molar-refractivity contribution in [3.63, 3.8) is 0 Å². The molecule has 0 atom stereocenters. The van der Waals surface area contributed by atoms with Crippen LogP contribution in [0.15, 0.2) is 29.8 Å². The van der Waals surface area contributed by atoms with Gasteiger partial charge in [-0.05, 0) is 19.9 Å². The number of ketones is 2. The Hall–Kier alpha value is -2.50. The van der Waals surface area contributed by atoms with E-state index in [9.17, 15) is 24.8 Å². The summed E-state index contributed by atoms with van der Waals surface area (Å²) in [6.45, 7) is 2.23. The second-order valence-electron chi connectivity index (χ2n) is 3.61. The maximum absolute atomic E-state index is 11.3. The molecule has 0 unspecified atom stereocenters. The lowest BCUT2D eigenvalue weighted by Crippen LogP contribution is -2.10. The summed E-state index contributed by atoms with van der Waals surface area (Å²) in [7, 11) is 0. The topological polar surface area (TPSA) is 97.5 Å². The quantitative estimate of drug-likeness (QED) is 0.220. The number of benzene rings is 1. The highest BCUT2D eigenvalue weighted by Crippen LogP contribution is 2.26. The highest BCUT2D eigenvalue weighted by molar-refractivity contribution is 6.23. The van der Waals surface area contributed by atoms with E-state index in [-0.39, 0.29) is 11.3 Å². The Kier molecular flexibility index (Phi) is 3.93. The van der Waals surface area contributed by atoms with Gasteiger partial charge in [-0.1, -0.05) is 12.1 Å². The van der Waals surface area contributed by atoms with Crippen LogP contribution in [0.25, 0.3) is 5.76 Å². The summed E-state index contributed by atoms with van der Waals surface area (Å²) < 4.78 is 0. The molecule has 6 heteroatoms. The van der Waals surface area contributed by atoms with Gasteiger partial charge in [0.1, 0.15) is 11.3 Å². The zero-order chi connectivity index (χ0) is 13.9. The number of allylic oxidation sites excluding steroid dienone is 1. The Morgan fingerprint density at radius 3 is 2.11 bits per heavy atom. The van der Waals surface area contributed by atoms with E-state index < -0.39 is 27.8 Å². The van der Waals surface area contributed by atoms with Crippen LogP contribution in [-0.2, 0) is 9.59 Å². The highest BCUT2D eigenvalue weighted by Gasteiger charge is 2.23. The van der Waals surface area contributed by atoms with Gasteiger partial charge in [-0.2, -0.15) is 0 Å². The Labute approximate surface area is 103 Å². The summed E-state index contributed by atoms with van der Waals surface area (Å²) in [5.74, 6) is -1.95. The van der Waals surface area contributed by atoms with Crippen LogP contribution in [0.5, 0.6) is 0 Å². The highest BCUT2D eigenvalue weighted by atomic mass is 16.6. The fourth-order valence-corrected chi connectivity index (χ4v) is 1.55. The molecule has 1 aromatic rings. The Morgan fingerprint density at radius 1 is 1.17 bits per heavy atom. The molecule has 1 aromatic carbocycles. The molecule has 1 N–H and O–H groups in total. The van der Waals surface area contributed by atoms with Crippen molar-refractivity contribution in [1.82, 2.24) is 0 Å². The third-order valence-electron chi connectivity index (χ3n) is 2.30. The third kappa shape index (κ3) is 2.60. The third-order valence-corrected chi connectivity index (χ3v) is 2.30. The fourth-order valence-electron chi connectivity index (χ4n) is 1.55. The number of carbonyl (C=O) groups excluding carboxylic acids is 2. The van der Waals surface area contributed by atoms with Crippen molar-refractivity contribution < 1.29 is 19.6 Å². The van der Waals surface area contributed by atoms with Gasteiger partial charge in [0.2, 0.25) is 0 Å². The minimum absolute atomic E-state index is 0.150. The summed E-state index contributed by atoms with van der Waals surface area (Å²) in [6.07, 6.45) is 0. The van der Waals surface area contributed by atoms with E-state index in [1.165, 1.54) is 24.3 Å². The van der Waals surface area contributed by atoms with Crippen LogP contribution in [0.1, 0.15) is 19.4 Å². The van der Waals surface area contributed by atoms with Crippen LogP contribution in [0.4, 0.5) is 5.69 Å². The molecule has 6 nitrogen and oxygen atoms in total. The van der Waals surface area contributed by atoms with Gasteiger partial charge < -0.3 is 5.11 Å². The van der Waals surface area contributed by atoms with Crippen LogP contribution < -0.4 is 0 Å².